The van der Waals surface area contributed by atoms with E-state index in [1.165, 1.54) is 0 Å². The Labute approximate surface area is 89.0 Å². The molecule has 0 bridgehead atoms. The second kappa shape index (κ2) is 4.47. The molecule has 2 aliphatic heterocycles. The number of morpholine rings is 1. The zero-order chi connectivity index (χ0) is 10.8. The first-order chi connectivity index (χ1) is 7.20. The van der Waals surface area contributed by atoms with E-state index in [2.05, 4.69) is 0 Å². The highest BCUT2D eigenvalue weighted by Crippen LogP contribution is 2.21. The van der Waals surface area contributed by atoms with Gasteiger partial charge in [-0.3, -0.25) is 9.69 Å². The predicted molar refractivity (Wildman–Crippen MR) is 52.8 cm³/mol. The molecule has 5 heteroatoms. The molecule has 0 saturated carbocycles. The van der Waals surface area contributed by atoms with Gasteiger partial charge in [0.05, 0.1) is 19.3 Å². The Bertz CT molecular complexity index is 240. The van der Waals surface area contributed by atoms with Crippen LogP contribution in [-0.2, 0) is 14.3 Å². The van der Waals surface area contributed by atoms with Crippen LogP contribution in [0.15, 0.2) is 0 Å². The maximum absolute atomic E-state index is 11.2. The minimum Gasteiger partial charge on any atom is -0.480 e. The summed E-state index contributed by atoms with van der Waals surface area (Å²) in [6.07, 6.45) is 0.688. The van der Waals surface area contributed by atoms with E-state index in [9.17, 15) is 9.90 Å². The molecular formula is C10H17NO4. The first kappa shape index (κ1) is 10.9. The minimum absolute atomic E-state index is 0.239. The van der Waals surface area contributed by atoms with Gasteiger partial charge in [0.15, 0.2) is 0 Å². The summed E-state index contributed by atoms with van der Waals surface area (Å²) in [4.78, 5) is 13.2. The molecule has 2 saturated heterocycles. The number of aliphatic carboxylic acids is 1. The highest BCUT2D eigenvalue weighted by molar-refractivity contribution is 5.74. The number of rotatable bonds is 2. The Morgan fingerprint density at radius 1 is 1.47 bits per heavy atom. The van der Waals surface area contributed by atoms with Crippen LogP contribution < -0.4 is 0 Å². The average molecular weight is 215 g/mol. The van der Waals surface area contributed by atoms with Crippen LogP contribution in [0.1, 0.15) is 13.3 Å². The van der Waals surface area contributed by atoms with Gasteiger partial charge in [-0.25, -0.2) is 0 Å². The number of nitrogens with zero attached hydrogens (tertiary/aromatic N) is 1. The number of hydrogen-bond acceptors (Lipinski definition) is 4. The maximum atomic E-state index is 11.2. The molecule has 5 nitrogen and oxygen atoms in total. The number of ether oxygens (including phenoxy) is 2. The fourth-order valence-electron chi connectivity index (χ4n) is 2.38. The summed E-state index contributed by atoms with van der Waals surface area (Å²) >= 11 is 0. The second-order valence-electron chi connectivity index (χ2n) is 4.11. The minimum atomic E-state index is -0.797. The molecule has 2 heterocycles. The number of hydrogen-bond donors (Lipinski definition) is 1. The molecule has 2 fully saturated rings. The summed E-state index contributed by atoms with van der Waals surface area (Å²) in [5.41, 5.74) is 0. The third-order valence-corrected chi connectivity index (χ3v) is 3.16. The monoisotopic (exact) mass is 215 g/mol. The smallest absolute Gasteiger partial charge is 0.323 e. The van der Waals surface area contributed by atoms with Crippen molar-refractivity contribution in [3.8, 4) is 0 Å². The van der Waals surface area contributed by atoms with Crippen LogP contribution in [0.3, 0.4) is 0 Å². The van der Waals surface area contributed by atoms with Gasteiger partial charge >= 0.3 is 5.97 Å². The SMILES string of the molecule is CC1OCCN(C2CCOC2)C1C(=O)O. The van der Waals surface area contributed by atoms with Crippen molar-refractivity contribution in [1.82, 2.24) is 4.90 Å². The lowest BCUT2D eigenvalue weighted by Gasteiger charge is -2.40. The molecule has 0 radical (unpaired) electrons. The van der Waals surface area contributed by atoms with Gasteiger partial charge < -0.3 is 14.6 Å². The summed E-state index contributed by atoms with van der Waals surface area (Å²) in [6.45, 7) is 4.51. The fraction of sp³-hybridized carbons (Fsp3) is 0.900. The molecule has 0 aromatic rings. The molecule has 2 rings (SSSR count). The Hall–Kier alpha value is -0.650. The zero-order valence-corrected chi connectivity index (χ0v) is 8.89. The van der Waals surface area contributed by atoms with Crippen LogP contribution in [0.4, 0.5) is 0 Å². The van der Waals surface area contributed by atoms with Gasteiger partial charge in [-0.1, -0.05) is 0 Å². The lowest BCUT2D eigenvalue weighted by molar-refractivity contribution is -0.158. The van der Waals surface area contributed by atoms with E-state index in [0.717, 1.165) is 13.0 Å². The second-order valence-corrected chi connectivity index (χ2v) is 4.11. The van der Waals surface area contributed by atoms with E-state index in [0.29, 0.717) is 19.8 Å². The summed E-state index contributed by atoms with van der Waals surface area (Å²) in [7, 11) is 0. The summed E-state index contributed by atoms with van der Waals surface area (Å²) in [5, 5.41) is 9.18. The van der Waals surface area contributed by atoms with E-state index in [1.54, 1.807) is 0 Å². The maximum Gasteiger partial charge on any atom is 0.323 e. The first-order valence-electron chi connectivity index (χ1n) is 5.38. The normalized spacial score (nSPS) is 38.1. The molecule has 0 aliphatic carbocycles. The van der Waals surface area contributed by atoms with Crippen molar-refractivity contribution in [1.29, 1.82) is 0 Å². The van der Waals surface area contributed by atoms with Crippen molar-refractivity contribution in [2.24, 2.45) is 0 Å². The highest BCUT2D eigenvalue weighted by atomic mass is 16.5. The van der Waals surface area contributed by atoms with Gasteiger partial charge in [-0.2, -0.15) is 0 Å². The Balaban J connectivity index is 2.08. The topological polar surface area (TPSA) is 59.0 Å². The third kappa shape index (κ3) is 2.14. The summed E-state index contributed by atoms with van der Waals surface area (Å²) in [5.74, 6) is -0.797. The molecule has 0 spiro atoms. The lowest BCUT2D eigenvalue weighted by Crippen LogP contribution is -2.58. The molecule has 1 N–H and O–H groups in total. The standard InChI is InChI=1S/C10H17NO4/c1-7-9(10(12)13)11(3-5-15-7)8-2-4-14-6-8/h7-9H,2-6H2,1H3,(H,12,13). The molecule has 2 aliphatic rings. The quantitative estimate of drug-likeness (QED) is 0.700. The molecule has 3 atom stereocenters. The third-order valence-electron chi connectivity index (χ3n) is 3.16. The Morgan fingerprint density at radius 3 is 2.87 bits per heavy atom. The molecule has 0 aromatic heterocycles. The van der Waals surface area contributed by atoms with Crippen molar-refractivity contribution in [3.63, 3.8) is 0 Å². The van der Waals surface area contributed by atoms with Gasteiger partial charge in [0, 0.05) is 19.2 Å². The largest absolute Gasteiger partial charge is 0.480 e. The van der Waals surface area contributed by atoms with Gasteiger partial charge in [0.2, 0.25) is 0 Å². The van der Waals surface area contributed by atoms with Crippen molar-refractivity contribution in [3.05, 3.63) is 0 Å². The van der Waals surface area contributed by atoms with Crippen LogP contribution in [0.2, 0.25) is 0 Å². The molecule has 0 amide bonds. The summed E-state index contributed by atoms with van der Waals surface area (Å²) in [6, 6.07) is -0.275. The zero-order valence-electron chi connectivity index (χ0n) is 8.89. The molecule has 86 valence electrons. The van der Waals surface area contributed by atoms with Gasteiger partial charge in [-0.05, 0) is 13.3 Å². The first-order valence-corrected chi connectivity index (χ1v) is 5.38. The predicted octanol–water partition coefficient (Wildman–Crippen LogP) is -0.0508. The van der Waals surface area contributed by atoms with Crippen molar-refractivity contribution in [2.75, 3.05) is 26.4 Å². The Morgan fingerprint density at radius 2 is 2.27 bits per heavy atom. The van der Waals surface area contributed by atoms with E-state index in [-0.39, 0.29) is 12.1 Å². The van der Waals surface area contributed by atoms with E-state index >= 15 is 0 Å². The van der Waals surface area contributed by atoms with Crippen LogP contribution in [-0.4, -0.2) is 60.5 Å². The lowest BCUT2D eigenvalue weighted by atomic mass is 10.1. The molecular weight excluding hydrogens is 198 g/mol. The summed E-state index contributed by atoms with van der Waals surface area (Å²) < 4.78 is 10.7. The van der Waals surface area contributed by atoms with Gasteiger partial charge in [0.25, 0.3) is 0 Å². The molecule has 3 unspecified atom stereocenters. The van der Waals surface area contributed by atoms with Crippen molar-refractivity contribution >= 4 is 5.97 Å². The Kier molecular flexibility index (Phi) is 3.23. The van der Waals surface area contributed by atoms with E-state index in [4.69, 9.17) is 9.47 Å². The van der Waals surface area contributed by atoms with E-state index < -0.39 is 12.0 Å². The number of carbonyl (C=O) groups is 1. The van der Waals surface area contributed by atoms with Crippen LogP contribution in [0.25, 0.3) is 0 Å². The highest BCUT2D eigenvalue weighted by Gasteiger charge is 2.39. The van der Waals surface area contributed by atoms with Crippen LogP contribution >= 0.6 is 0 Å². The van der Waals surface area contributed by atoms with Crippen LogP contribution in [0.5, 0.6) is 0 Å². The van der Waals surface area contributed by atoms with Crippen LogP contribution in [0, 0.1) is 0 Å². The number of carboxylic acid groups (broad SMARTS) is 1. The molecule has 0 aromatic carbocycles. The van der Waals surface area contributed by atoms with Gasteiger partial charge in [-0.15, -0.1) is 0 Å². The van der Waals surface area contributed by atoms with Crippen molar-refractivity contribution in [2.45, 2.75) is 31.5 Å². The number of carboxylic acids is 1. The van der Waals surface area contributed by atoms with E-state index in [1.807, 2.05) is 11.8 Å². The fourth-order valence-corrected chi connectivity index (χ4v) is 2.38. The van der Waals surface area contributed by atoms with Crippen molar-refractivity contribution < 1.29 is 19.4 Å². The van der Waals surface area contributed by atoms with Gasteiger partial charge in [0.1, 0.15) is 6.04 Å². The molecule has 15 heavy (non-hydrogen) atoms. The average Bonchev–Trinajstić information content (AvgIpc) is 2.69.